The van der Waals surface area contributed by atoms with E-state index in [9.17, 15) is 19.2 Å². The summed E-state index contributed by atoms with van der Waals surface area (Å²) in [6, 6.07) is 12.6. The van der Waals surface area contributed by atoms with E-state index in [0.717, 1.165) is 16.7 Å². The first-order chi connectivity index (χ1) is 15.9. The zero-order valence-corrected chi connectivity index (χ0v) is 19.7. The molecule has 2 N–H and O–H groups in total. The Morgan fingerprint density at radius 2 is 1.62 bits per heavy atom. The lowest BCUT2D eigenvalue weighted by atomic mass is 9.97. The fourth-order valence-corrected chi connectivity index (χ4v) is 3.48. The SMILES string of the molecule is C=C(NC(=O)C(=C)N1Cc2c(cccc2-c2ccc(NC(C)=O)cc2)C1=O)C(=O)OC(C)(C)C. The molecule has 0 fully saturated rings. The van der Waals surface area contributed by atoms with Crippen molar-refractivity contribution in [1.82, 2.24) is 10.2 Å². The quantitative estimate of drug-likeness (QED) is 0.504. The number of amides is 3. The third-order valence-electron chi connectivity index (χ3n) is 4.98. The van der Waals surface area contributed by atoms with Crippen LogP contribution in [0, 0.1) is 0 Å². The molecular weight excluding hydrogens is 434 g/mol. The van der Waals surface area contributed by atoms with E-state index in [1.54, 1.807) is 45.0 Å². The number of anilines is 1. The molecule has 0 unspecified atom stereocenters. The smallest absolute Gasteiger partial charge is 0.354 e. The van der Waals surface area contributed by atoms with Crippen molar-refractivity contribution in [1.29, 1.82) is 0 Å². The summed E-state index contributed by atoms with van der Waals surface area (Å²) in [6.45, 7) is 14.0. The summed E-state index contributed by atoms with van der Waals surface area (Å²) in [5.41, 5.74) is 2.45. The van der Waals surface area contributed by atoms with E-state index in [0.29, 0.717) is 11.3 Å². The molecule has 0 aliphatic carbocycles. The molecule has 2 aromatic rings. The predicted molar refractivity (Wildman–Crippen MR) is 128 cm³/mol. The predicted octanol–water partition coefficient (Wildman–Crippen LogP) is 3.75. The minimum atomic E-state index is -0.769. The van der Waals surface area contributed by atoms with Crippen LogP contribution in [0.2, 0.25) is 0 Å². The topological polar surface area (TPSA) is 105 Å². The number of hydrogen-bond acceptors (Lipinski definition) is 5. The van der Waals surface area contributed by atoms with Crippen LogP contribution in [0.1, 0.15) is 43.6 Å². The van der Waals surface area contributed by atoms with Gasteiger partial charge in [0.25, 0.3) is 11.8 Å². The van der Waals surface area contributed by atoms with Crippen LogP contribution in [0.15, 0.2) is 67.0 Å². The minimum absolute atomic E-state index is 0.113. The molecule has 34 heavy (non-hydrogen) atoms. The van der Waals surface area contributed by atoms with Crippen molar-refractivity contribution in [3.63, 3.8) is 0 Å². The largest absolute Gasteiger partial charge is 0.455 e. The van der Waals surface area contributed by atoms with Crippen LogP contribution in [0.3, 0.4) is 0 Å². The van der Waals surface area contributed by atoms with Crippen LogP contribution in [0.5, 0.6) is 0 Å². The van der Waals surface area contributed by atoms with Crippen molar-refractivity contribution in [2.75, 3.05) is 5.32 Å². The summed E-state index contributed by atoms with van der Waals surface area (Å²) < 4.78 is 5.19. The van der Waals surface area contributed by atoms with E-state index in [4.69, 9.17) is 4.74 Å². The highest BCUT2D eigenvalue weighted by molar-refractivity contribution is 6.08. The lowest BCUT2D eigenvalue weighted by Crippen LogP contribution is -2.37. The maximum Gasteiger partial charge on any atom is 0.354 e. The molecular formula is C26H27N3O5. The lowest BCUT2D eigenvalue weighted by molar-refractivity contribution is -0.150. The number of esters is 1. The van der Waals surface area contributed by atoms with Gasteiger partial charge in [0.15, 0.2) is 0 Å². The summed E-state index contributed by atoms with van der Waals surface area (Å²) in [7, 11) is 0. The van der Waals surface area contributed by atoms with Gasteiger partial charge in [-0.3, -0.25) is 19.3 Å². The first kappa shape index (κ1) is 24.4. The molecule has 2 aromatic carbocycles. The molecule has 0 bridgehead atoms. The summed E-state index contributed by atoms with van der Waals surface area (Å²) in [5.74, 6) is -2.02. The van der Waals surface area contributed by atoms with Gasteiger partial charge in [-0.1, -0.05) is 37.4 Å². The summed E-state index contributed by atoms with van der Waals surface area (Å²) in [5, 5.41) is 5.07. The summed E-state index contributed by atoms with van der Waals surface area (Å²) >= 11 is 0. The van der Waals surface area contributed by atoms with Crippen LogP contribution in [0.4, 0.5) is 5.69 Å². The molecule has 0 spiro atoms. The van der Waals surface area contributed by atoms with Crippen LogP contribution >= 0.6 is 0 Å². The molecule has 3 rings (SSSR count). The maximum absolute atomic E-state index is 13.0. The molecule has 0 saturated carbocycles. The normalized spacial score (nSPS) is 12.6. The Balaban J connectivity index is 1.77. The third-order valence-corrected chi connectivity index (χ3v) is 4.98. The number of hydrogen-bond donors (Lipinski definition) is 2. The number of benzene rings is 2. The standard InChI is InChI=1S/C26H27N3O5/c1-15(25(33)34-26(4,5)6)27-23(31)16(2)29-14-22-20(8-7-9-21(22)24(29)32)18-10-12-19(13-11-18)28-17(3)30/h7-13H,1-2,14H2,3-6H3,(H,27,31)(H,28,30). The Morgan fingerprint density at radius 1 is 1.00 bits per heavy atom. The van der Waals surface area contributed by atoms with E-state index < -0.39 is 17.5 Å². The van der Waals surface area contributed by atoms with Gasteiger partial charge in [-0.15, -0.1) is 0 Å². The lowest BCUT2D eigenvalue weighted by Gasteiger charge is -2.21. The number of carbonyl (C=O) groups excluding carboxylic acids is 4. The molecule has 1 heterocycles. The first-order valence-corrected chi connectivity index (χ1v) is 10.6. The number of rotatable bonds is 6. The van der Waals surface area contributed by atoms with Crippen LogP contribution in [-0.2, 0) is 25.7 Å². The highest BCUT2D eigenvalue weighted by atomic mass is 16.6. The molecule has 1 aliphatic heterocycles. The van der Waals surface area contributed by atoms with Gasteiger partial charge in [0.1, 0.15) is 17.0 Å². The fraction of sp³-hybridized carbons (Fsp3) is 0.231. The fourth-order valence-electron chi connectivity index (χ4n) is 3.48. The molecule has 3 amide bonds. The van der Waals surface area contributed by atoms with E-state index in [1.165, 1.54) is 11.8 Å². The van der Waals surface area contributed by atoms with Gasteiger partial charge < -0.3 is 15.4 Å². The van der Waals surface area contributed by atoms with E-state index in [2.05, 4.69) is 23.8 Å². The number of nitrogens with zero attached hydrogens (tertiary/aromatic N) is 1. The maximum atomic E-state index is 13.0. The zero-order valence-electron chi connectivity index (χ0n) is 19.7. The Labute approximate surface area is 198 Å². The first-order valence-electron chi connectivity index (χ1n) is 10.6. The average molecular weight is 462 g/mol. The van der Waals surface area contributed by atoms with Crippen LogP contribution in [0.25, 0.3) is 11.1 Å². The summed E-state index contributed by atoms with van der Waals surface area (Å²) in [6.07, 6.45) is 0. The van der Waals surface area contributed by atoms with Crippen molar-refractivity contribution in [3.8, 4) is 11.1 Å². The van der Waals surface area contributed by atoms with Crippen molar-refractivity contribution in [2.24, 2.45) is 0 Å². The monoisotopic (exact) mass is 461 g/mol. The number of fused-ring (bicyclic) bond motifs is 1. The third kappa shape index (κ3) is 5.40. The molecule has 0 aromatic heterocycles. The average Bonchev–Trinajstić information content (AvgIpc) is 3.08. The molecule has 0 saturated heterocycles. The summed E-state index contributed by atoms with van der Waals surface area (Å²) in [4.78, 5) is 50.3. The van der Waals surface area contributed by atoms with Crippen molar-refractivity contribution in [3.05, 3.63) is 78.1 Å². The second-order valence-corrected chi connectivity index (χ2v) is 8.86. The van der Waals surface area contributed by atoms with Crippen molar-refractivity contribution in [2.45, 2.75) is 39.8 Å². The van der Waals surface area contributed by atoms with Gasteiger partial charge in [-0.2, -0.15) is 0 Å². The molecule has 8 heteroatoms. The molecule has 0 radical (unpaired) electrons. The van der Waals surface area contributed by atoms with Gasteiger partial charge in [-0.05, 0) is 55.7 Å². The zero-order chi connectivity index (χ0) is 25.2. The number of nitrogens with one attached hydrogen (secondary N) is 2. The van der Waals surface area contributed by atoms with Crippen LogP contribution in [-0.4, -0.2) is 34.2 Å². The van der Waals surface area contributed by atoms with Crippen molar-refractivity contribution < 1.29 is 23.9 Å². The Bertz CT molecular complexity index is 1210. The van der Waals surface area contributed by atoms with Gasteiger partial charge in [0.2, 0.25) is 5.91 Å². The van der Waals surface area contributed by atoms with E-state index in [1.807, 2.05) is 18.2 Å². The number of carbonyl (C=O) groups is 4. The molecule has 176 valence electrons. The second-order valence-electron chi connectivity index (χ2n) is 8.86. The van der Waals surface area contributed by atoms with Gasteiger partial charge in [-0.25, -0.2) is 4.79 Å². The van der Waals surface area contributed by atoms with Crippen molar-refractivity contribution >= 4 is 29.4 Å². The Hall–Kier alpha value is -4.20. The highest BCUT2D eigenvalue weighted by Gasteiger charge is 2.34. The molecule has 0 atom stereocenters. The highest BCUT2D eigenvalue weighted by Crippen LogP contribution is 2.34. The minimum Gasteiger partial charge on any atom is -0.455 e. The molecule has 8 nitrogen and oxygen atoms in total. The van der Waals surface area contributed by atoms with Gasteiger partial charge in [0.05, 0.1) is 6.54 Å². The van der Waals surface area contributed by atoms with Gasteiger partial charge in [0, 0.05) is 18.2 Å². The second kappa shape index (κ2) is 9.35. The van der Waals surface area contributed by atoms with E-state index in [-0.39, 0.29) is 29.8 Å². The Kier molecular flexibility index (Phi) is 6.72. The van der Waals surface area contributed by atoms with Crippen LogP contribution < -0.4 is 10.6 Å². The Morgan fingerprint density at radius 3 is 2.21 bits per heavy atom. The van der Waals surface area contributed by atoms with E-state index >= 15 is 0 Å². The number of ether oxygens (including phenoxy) is 1. The molecule has 1 aliphatic rings. The van der Waals surface area contributed by atoms with Gasteiger partial charge >= 0.3 is 5.97 Å².